The first kappa shape index (κ1) is 18.5. The predicted molar refractivity (Wildman–Crippen MR) is 108 cm³/mol. The third-order valence-corrected chi connectivity index (χ3v) is 6.84. The summed E-state index contributed by atoms with van der Waals surface area (Å²) in [5, 5.41) is 11.0. The Kier molecular flexibility index (Phi) is 4.53. The number of carbonyl (C=O) groups excluding carboxylic acids is 2. The van der Waals surface area contributed by atoms with E-state index in [9.17, 15) is 9.59 Å². The van der Waals surface area contributed by atoms with E-state index in [-0.39, 0.29) is 17.9 Å². The highest BCUT2D eigenvalue weighted by atomic mass is 16.2. The van der Waals surface area contributed by atoms with Crippen molar-refractivity contribution in [2.75, 3.05) is 19.6 Å². The smallest absolute Gasteiger partial charge is 0.271 e. The molecule has 0 saturated carbocycles. The molecule has 2 bridgehead atoms. The van der Waals surface area contributed by atoms with Crippen molar-refractivity contribution >= 4 is 17.5 Å². The first-order chi connectivity index (χ1) is 14.0. The van der Waals surface area contributed by atoms with Gasteiger partial charge in [-0.1, -0.05) is 0 Å². The molecule has 3 saturated heterocycles. The zero-order valence-electron chi connectivity index (χ0n) is 17.0. The van der Waals surface area contributed by atoms with Gasteiger partial charge in [-0.2, -0.15) is 5.10 Å². The van der Waals surface area contributed by atoms with Crippen LogP contribution in [0.1, 0.15) is 47.6 Å². The Morgan fingerprint density at radius 3 is 2.97 bits per heavy atom. The van der Waals surface area contributed by atoms with Crippen molar-refractivity contribution in [1.82, 2.24) is 30.1 Å². The van der Waals surface area contributed by atoms with Crippen LogP contribution in [0.4, 0.5) is 0 Å². The van der Waals surface area contributed by atoms with Crippen LogP contribution in [0.5, 0.6) is 0 Å². The average Bonchev–Trinajstić information content (AvgIpc) is 3.13. The second kappa shape index (κ2) is 7.09. The minimum atomic E-state index is -0.209. The molecule has 3 aliphatic rings. The Labute approximate surface area is 170 Å². The van der Waals surface area contributed by atoms with Crippen molar-refractivity contribution in [3.05, 3.63) is 29.2 Å². The molecule has 29 heavy (non-hydrogen) atoms. The summed E-state index contributed by atoms with van der Waals surface area (Å²) >= 11 is 0. The quantitative estimate of drug-likeness (QED) is 0.810. The summed E-state index contributed by atoms with van der Waals surface area (Å²) in [6.07, 6.45) is 3.82. The molecule has 0 radical (unpaired) electrons. The van der Waals surface area contributed by atoms with Gasteiger partial charge in [0.25, 0.3) is 5.91 Å². The number of piperidine rings is 3. The number of hydrogen-bond donors (Lipinski definition) is 2. The van der Waals surface area contributed by atoms with Crippen LogP contribution in [0.25, 0.3) is 5.65 Å². The normalized spacial score (nSPS) is 29.0. The van der Waals surface area contributed by atoms with Gasteiger partial charge in [0.15, 0.2) is 11.3 Å². The van der Waals surface area contributed by atoms with Crippen LogP contribution >= 0.6 is 0 Å². The van der Waals surface area contributed by atoms with Gasteiger partial charge in [-0.25, -0.2) is 9.50 Å². The minimum Gasteiger partial charge on any atom is -0.349 e. The molecular formula is C21H28N6O2. The van der Waals surface area contributed by atoms with E-state index in [1.165, 1.54) is 0 Å². The summed E-state index contributed by atoms with van der Waals surface area (Å²) in [6.45, 7) is 6.26. The number of fused-ring (bicyclic) bond motifs is 5. The average molecular weight is 396 g/mol. The molecule has 8 nitrogen and oxygen atoms in total. The lowest BCUT2D eigenvalue weighted by molar-refractivity contribution is -0.148. The van der Waals surface area contributed by atoms with Crippen molar-refractivity contribution in [1.29, 1.82) is 0 Å². The molecule has 0 spiro atoms. The fraction of sp³-hybridized carbons (Fsp3) is 0.619. The zero-order valence-corrected chi connectivity index (χ0v) is 17.0. The lowest BCUT2D eigenvalue weighted by Crippen LogP contribution is -2.66. The van der Waals surface area contributed by atoms with Gasteiger partial charge in [-0.05, 0) is 57.6 Å². The molecule has 154 valence electrons. The molecule has 0 unspecified atom stereocenters. The highest BCUT2D eigenvalue weighted by molar-refractivity contribution is 5.93. The Balaban J connectivity index is 1.35. The van der Waals surface area contributed by atoms with Crippen LogP contribution in [0.2, 0.25) is 0 Å². The summed E-state index contributed by atoms with van der Waals surface area (Å²) in [7, 11) is 0. The van der Waals surface area contributed by atoms with E-state index in [0.717, 1.165) is 43.7 Å². The third-order valence-electron chi connectivity index (χ3n) is 6.84. The number of rotatable bonds is 3. The van der Waals surface area contributed by atoms with E-state index in [1.54, 1.807) is 10.6 Å². The lowest BCUT2D eigenvalue weighted by Gasteiger charge is -2.54. The molecule has 0 aliphatic carbocycles. The number of carbonyl (C=O) groups is 2. The summed E-state index contributed by atoms with van der Waals surface area (Å²) in [6, 6.07) is 4.04. The number of nitrogens with one attached hydrogen (secondary N) is 2. The molecule has 2 aromatic rings. The highest BCUT2D eigenvalue weighted by Crippen LogP contribution is 2.39. The minimum absolute atomic E-state index is 0.0555. The van der Waals surface area contributed by atoms with Crippen molar-refractivity contribution in [2.24, 2.45) is 11.8 Å². The second-order valence-electron chi connectivity index (χ2n) is 8.79. The monoisotopic (exact) mass is 396 g/mol. The van der Waals surface area contributed by atoms with Gasteiger partial charge in [-0.3, -0.25) is 9.59 Å². The van der Waals surface area contributed by atoms with Gasteiger partial charge in [0.1, 0.15) is 0 Å². The van der Waals surface area contributed by atoms with Crippen molar-refractivity contribution in [2.45, 2.75) is 51.6 Å². The van der Waals surface area contributed by atoms with Crippen LogP contribution in [0, 0.1) is 25.7 Å². The molecule has 2 N–H and O–H groups in total. The van der Waals surface area contributed by atoms with E-state index in [1.807, 2.05) is 19.9 Å². The van der Waals surface area contributed by atoms with Gasteiger partial charge in [0.2, 0.25) is 5.91 Å². The predicted octanol–water partition coefficient (Wildman–Crippen LogP) is 1.06. The first-order valence-corrected chi connectivity index (χ1v) is 10.7. The summed E-state index contributed by atoms with van der Waals surface area (Å²) in [5.41, 5.74) is 2.89. The standard InChI is InChI=1S/C21H28N6O2/c1-12-6-13(2)27-19(24-12)8-16(25-27)21(29)23-11-18-15-7-14(9-22-10-15)17-4-3-5-20(28)26(17)18/h6,8,14-15,17-18,22H,3-5,7,9-11H2,1-2H3,(H,23,29)/t14-,15+,17+,18+/m1/s1. The molecule has 0 aromatic carbocycles. The molecule has 8 heteroatoms. The summed E-state index contributed by atoms with van der Waals surface area (Å²) in [4.78, 5) is 32.1. The Morgan fingerprint density at radius 1 is 1.28 bits per heavy atom. The molecule has 3 aliphatic heterocycles. The number of aromatic nitrogens is 3. The number of hydrogen-bond acceptors (Lipinski definition) is 5. The van der Waals surface area contributed by atoms with Gasteiger partial charge < -0.3 is 15.5 Å². The van der Waals surface area contributed by atoms with Gasteiger partial charge >= 0.3 is 0 Å². The van der Waals surface area contributed by atoms with Gasteiger partial charge in [0, 0.05) is 43.0 Å². The first-order valence-electron chi connectivity index (χ1n) is 10.7. The van der Waals surface area contributed by atoms with E-state index in [4.69, 9.17) is 0 Å². The van der Waals surface area contributed by atoms with Crippen molar-refractivity contribution < 1.29 is 9.59 Å². The van der Waals surface area contributed by atoms with E-state index < -0.39 is 0 Å². The maximum Gasteiger partial charge on any atom is 0.271 e. The van der Waals surface area contributed by atoms with Gasteiger partial charge in [0.05, 0.1) is 6.04 Å². The van der Waals surface area contributed by atoms with E-state index >= 15 is 0 Å². The maximum atomic E-state index is 12.8. The maximum absolute atomic E-state index is 12.8. The molecule has 2 amide bonds. The SMILES string of the molecule is Cc1cc(C)n2nc(C(=O)NC[C@H]3[C@@H]4CNC[C@@H](C4)[C@@H]4CCCC(=O)N43)cc2n1. The topological polar surface area (TPSA) is 91.6 Å². The van der Waals surface area contributed by atoms with Crippen LogP contribution in [-0.4, -0.2) is 63.0 Å². The van der Waals surface area contributed by atoms with Crippen molar-refractivity contribution in [3.8, 4) is 0 Å². The van der Waals surface area contributed by atoms with Crippen molar-refractivity contribution in [3.63, 3.8) is 0 Å². The van der Waals surface area contributed by atoms with Crippen LogP contribution in [0.15, 0.2) is 12.1 Å². The molecular weight excluding hydrogens is 368 g/mol. The zero-order chi connectivity index (χ0) is 20.1. The largest absolute Gasteiger partial charge is 0.349 e. The van der Waals surface area contributed by atoms with Crippen LogP contribution in [0.3, 0.4) is 0 Å². The van der Waals surface area contributed by atoms with Crippen LogP contribution in [-0.2, 0) is 4.79 Å². The summed E-state index contributed by atoms with van der Waals surface area (Å²) < 4.78 is 1.70. The van der Waals surface area contributed by atoms with Crippen LogP contribution < -0.4 is 10.6 Å². The summed E-state index contributed by atoms with van der Waals surface area (Å²) in [5.74, 6) is 0.972. The Morgan fingerprint density at radius 2 is 2.10 bits per heavy atom. The number of aryl methyl sites for hydroxylation is 2. The lowest BCUT2D eigenvalue weighted by atomic mass is 9.72. The fourth-order valence-electron chi connectivity index (χ4n) is 5.58. The Hall–Kier alpha value is -2.48. The number of amides is 2. The second-order valence-corrected chi connectivity index (χ2v) is 8.79. The number of nitrogens with zero attached hydrogens (tertiary/aromatic N) is 4. The Bertz CT molecular complexity index is 969. The highest BCUT2D eigenvalue weighted by Gasteiger charge is 2.47. The molecule has 2 aromatic heterocycles. The van der Waals surface area contributed by atoms with E-state index in [2.05, 4.69) is 25.6 Å². The molecule has 4 atom stereocenters. The third kappa shape index (κ3) is 3.19. The molecule has 5 rings (SSSR count). The molecule has 5 heterocycles. The fourth-order valence-corrected chi connectivity index (χ4v) is 5.58. The van der Waals surface area contributed by atoms with E-state index in [0.29, 0.717) is 42.2 Å². The molecule has 3 fully saturated rings. The van der Waals surface area contributed by atoms with Gasteiger partial charge in [-0.15, -0.1) is 0 Å².